The number of rotatable bonds is 12. The van der Waals surface area contributed by atoms with Gasteiger partial charge < -0.3 is 14.6 Å². The Morgan fingerprint density at radius 3 is 2.58 bits per heavy atom. The van der Waals surface area contributed by atoms with Crippen LogP contribution in [0.2, 0.25) is 0 Å². The molecule has 198 valence electrons. The summed E-state index contributed by atoms with van der Waals surface area (Å²) in [6, 6.07) is 18.5. The molecule has 38 heavy (non-hydrogen) atoms. The molecule has 0 heterocycles. The molecule has 4 nitrogen and oxygen atoms in total. The third-order valence-electron chi connectivity index (χ3n) is 7.16. The predicted octanol–water partition coefficient (Wildman–Crippen LogP) is 7.64. The Labute approximate surface area is 224 Å². The molecule has 1 aliphatic carbocycles. The van der Waals surface area contributed by atoms with Crippen molar-refractivity contribution in [1.82, 2.24) is 0 Å². The van der Waals surface area contributed by atoms with Crippen molar-refractivity contribution in [1.29, 1.82) is 0 Å². The molecule has 0 radical (unpaired) electrons. The lowest BCUT2D eigenvalue weighted by Crippen LogP contribution is -2.15. The molecule has 3 aromatic carbocycles. The zero-order chi connectivity index (χ0) is 27.3. The van der Waals surface area contributed by atoms with Crippen LogP contribution in [0.1, 0.15) is 62.1 Å². The van der Waals surface area contributed by atoms with Gasteiger partial charge in [-0.05, 0) is 89.1 Å². The Morgan fingerprint density at radius 2 is 1.89 bits per heavy atom. The molecule has 0 saturated heterocycles. The summed E-state index contributed by atoms with van der Waals surface area (Å²) in [5.74, 6) is 3.41. The van der Waals surface area contributed by atoms with Crippen LogP contribution in [0.3, 0.4) is 0 Å². The Kier molecular flexibility index (Phi) is 8.42. The van der Waals surface area contributed by atoms with Crippen LogP contribution in [0.4, 0.5) is 4.39 Å². The number of hydrogen-bond donors (Lipinski definition) is 1. The quantitative estimate of drug-likeness (QED) is 0.252. The standard InChI is InChI=1S/C33H35FO4/c1-5-15-33(2,3)20-25-16-22(9-13-28(25)30-18-26(37-4)12-14-31(30)34)21-38-27-8-6-7-24(17-27)29(19-32(35)36)23-10-11-23/h1,6-9,12-14,16-18,23,29H,10-11,15,19-21H2,2-4H3,(H,35,36)/t29-/m0/s1. The second-order valence-corrected chi connectivity index (χ2v) is 11.0. The van der Waals surface area contributed by atoms with Crippen molar-refractivity contribution in [2.45, 2.75) is 58.5 Å². The van der Waals surface area contributed by atoms with E-state index < -0.39 is 5.97 Å². The van der Waals surface area contributed by atoms with Gasteiger partial charge in [-0.25, -0.2) is 4.39 Å². The number of methoxy groups -OCH3 is 1. The summed E-state index contributed by atoms with van der Waals surface area (Å²) in [4.78, 5) is 11.4. The number of halogens is 1. The van der Waals surface area contributed by atoms with Crippen LogP contribution in [0, 0.1) is 29.5 Å². The van der Waals surface area contributed by atoms with Crippen LogP contribution in [0.25, 0.3) is 11.1 Å². The highest BCUT2D eigenvalue weighted by Crippen LogP contribution is 2.45. The van der Waals surface area contributed by atoms with Crippen LogP contribution < -0.4 is 9.47 Å². The van der Waals surface area contributed by atoms with Crippen molar-refractivity contribution in [3.05, 3.63) is 83.2 Å². The van der Waals surface area contributed by atoms with Gasteiger partial charge in [-0.2, -0.15) is 0 Å². The highest BCUT2D eigenvalue weighted by atomic mass is 19.1. The molecule has 1 saturated carbocycles. The fraction of sp³-hybridized carbons (Fsp3) is 0.364. The lowest BCUT2D eigenvalue weighted by molar-refractivity contribution is -0.137. The molecule has 3 aromatic rings. The minimum Gasteiger partial charge on any atom is -0.497 e. The fourth-order valence-corrected chi connectivity index (χ4v) is 5.08. The molecule has 0 aliphatic heterocycles. The molecule has 1 N–H and O–H groups in total. The number of ether oxygens (including phenoxy) is 2. The van der Waals surface area contributed by atoms with Crippen molar-refractivity contribution < 1.29 is 23.8 Å². The molecular formula is C33H35FO4. The Hall–Kier alpha value is -3.78. The third-order valence-corrected chi connectivity index (χ3v) is 7.16. The molecule has 1 aliphatic rings. The first-order chi connectivity index (χ1) is 18.2. The molecule has 0 spiro atoms. The van der Waals surface area contributed by atoms with Crippen molar-refractivity contribution in [3.8, 4) is 35.0 Å². The summed E-state index contributed by atoms with van der Waals surface area (Å²) < 4.78 is 26.4. The van der Waals surface area contributed by atoms with Gasteiger partial charge >= 0.3 is 5.97 Å². The van der Waals surface area contributed by atoms with Crippen LogP contribution in [-0.2, 0) is 17.8 Å². The fourth-order valence-electron chi connectivity index (χ4n) is 5.08. The molecule has 0 bridgehead atoms. The van der Waals surface area contributed by atoms with Gasteiger partial charge in [0, 0.05) is 12.0 Å². The first-order valence-corrected chi connectivity index (χ1v) is 13.0. The van der Waals surface area contributed by atoms with Gasteiger partial charge in [-0.1, -0.05) is 44.2 Å². The molecule has 0 unspecified atom stereocenters. The van der Waals surface area contributed by atoms with Crippen LogP contribution in [-0.4, -0.2) is 18.2 Å². The molecule has 0 amide bonds. The zero-order valence-electron chi connectivity index (χ0n) is 22.3. The maximum absolute atomic E-state index is 14.9. The second-order valence-electron chi connectivity index (χ2n) is 11.0. The van der Waals surface area contributed by atoms with Crippen LogP contribution in [0.5, 0.6) is 11.5 Å². The van der Waals surface area contributed by atoms with Crippen molar-refractivity contribution in [3.63, 3.8) is 0 Å². The third kappa shape index (κ3) is 6.95. The molecule has 1 fully saturated rings. The topological polar surface area (TPSA) is 55.8 Å². The van der Waals surface area contributed by atoms with Gasteiger partial charge in [0.1, 0.15) is 23.9 Å². The monoisotopic (exact) mass is 514 g/mol. The molecule has 1 atom stereocenters. The van der Waals surface area contributed by atoms with E-state index in [1.54, 1.807) is 19.2 Å². The number of terminal acetylenes is 1. The number of hydrogen-bond acceptors (Lipinski definition) is 3. The second kappa shape index (κ2) is 11.7. The van der Waals surface area contributed by atoms with E-state index in [-0.39, 0.29) is 23.6 Å². The number of carboxylic acid groups (broad SMARTS) is 1. The van der Waals surface area contributed by atoms with Crippen molar-refractivity contribution in [2.24, 2.45) is 11.3 Å². The van der Waals surface area contributed by atoms with Gasteiger partial charge in [0.2, 0.25) is 0 Å². The molecule has 0 aromatic heterocycles. The normalized spacial score (nSPS) is 14.0. The van der Waals surface area contributed by atoms with E-state index in [4.69, 9.17) is 15.9 Å². The van der Waals surface area contributed by atoms with Crippen molar-refractivity contribution in [2.75, 3.05) is 7.11 Å². The Balaban J connectivity index is 1.60. The van der Waals surface area contributed by atoms with Crippen LogP contribution in [0.15, 0.2) is 60.7 Å². The summed E-state index contributed by atoms with van der Waals surface area (Å²) in [5, 5.41) is 9.36. The van der Waals surface area contributed by atoms with E-state index in [1.807, 2.05) is 36.4 Å². The molecular weight excluding hydrogens is 479 g/mol. The van der Waals surface area contributed by atoms with E-state index in [0.29, 0.717) is 42.4 Å². The zero-order valence-corrected chi connectivity index (χ0v) is 22.3. The Bertz CT molecular complexity index is 1330. The number of aliphatic carboxylic acids is 1. The smallest absolute Gasteiger partial charge is 0.303 e. The average molecular weight is 515 g/mol. The largest absolute Gasteiger partial charge is 0.497 e. The lowest BCUT2D eigenvalue weighted by atomic mass is 9.80. The van der Waals surface area contributed by atoms with E-state index in [2.05, 4.69) is 25.8 Å². The lowest BCUT2D eigenvalue weighted by Gasteiger charge is -2.24. The summed E-state index contributed by atoms with van der Waals surface area (Å²) in [6.45, 7) is 4.56. The number of carbonyl (C=O) groups is 1. The highest BCUT2D eigenvalue weighted by Gasteiger charge is 2.33. The van der Waals surface area contributed by atoms with Gasteiger partial charge in [0.15, 0.2) is 0 Å². The van der Waals surface area contributed by atoms with E-state index in [1.165, 1.54) is 6.07 Å². The van der Waals surface area contributed by atoms with E-state index in [9.17, 15) is 14.3 Å². The van der Waals surface area contributed by atoms with Crippen molar-refractivity contribution >= 4 is 5.97 Å². The first-order valence-electron chi connectivity index (χ1n) is 13.0. The highest BCUT2D eigenvalue weighted by molar-refractivity contribution is 5.70. The summed E-state index contributed by atoms with van der Waals surface area (Å²) >= 11 is 0. The number of benzene rings is 3. The van der Waals surface area contributed by atoms with Gasteiger partial charge in [0.05, 0.1) is 13.5 Å². The van der Waals surface area contributed by atoms with Gasteiger partial charge in [-0.3, -0.25) is 4.79 Å². The number of carboxylic acids is 1. The SMILES string of the molecule is C#CCC(C)(C)Cc1cc(COc2cccc([C@@H](CC(=O)O)C3CC3)c2)ccc1-c1cc(OC)ccc1F. The maximum Gasteiger partial charge on any atom is 0.303 e. The van der Waals surface area contributed by atoms with E-state index >= 15 is 0 Å². The van der Waals surface area contributed by atoms with Gasteiger partial charge in [0.25, 0.3) is 0 Å². The molecule has 5 heteroatoms. The minimum atomic E-state index is -0.777. The average Bonchev–Trinajstić information content (AvgIpc) is 3.72. The van der Waals surface area contributed by atoms with E-state index in [0.717, 1.165) is 35.1 Å². The maximum atomic E-state index is 14.9. The van der Waals surface area contributed by atoms with Gasteiger partial charge in [-0.15, -0.1) is 12.3 Å². The minimum absolute atomic E-state index is 0.0121. The summed E-state index contributed by atoms with van der Waals surface area (Å²) in [5.41, 5.74) is 4.07. The first kappa shape index (κ1) is 27.3. The predicted molar refractivity (Wildman–Crippen MR) is 148 cm³/mol. The Morgan fingerprint density at radius 1 is 1.11 bits per heavy atom. The molecule has 4 rings (SSSR count). The summed E-state index contributed by atoms with van der Waals surface area (Å²) in [6.07, 6.45) is 9.17. The summed E-state index contributed by atoms with van der Waals surface area (Å²) in [7, 11) is 1.57. The van der Waals surface area contributed by atoms with Crippen LogP contribution >= 0.6 is 0 Å².